The van der Waals surface area contributed by atoms with E-state index in [-0.39, 0.29) is 11.6 Å². The van der Waals surface area contributed by atoms with Crippen LogP contribution >= 0.6 is 0 Å². The number of hydrogen-bond donors (Lipinski definition) is 1. The monoisotopic (exact) mass is 263 g/mol. The number of aliphatic hydroxyl groups excluding tert-OH is 1. The summed E-state index contributed by atoms with van der Waals surface area (Å²) in [7, 11) is 0. The summed E-state index contributed by atoms with van der Waals surface area (Å²) in [6.45, 7) is 2.69. The van der Waals surface area contributed by atoms with Gasteiger partial charge in [-0.05, 0) is 43.0 Å². The third kappa shape index (κ3) is 2.45. The molecule has 3 rings (SSSR count). The van der Waals surface area contributed by atoms with Gasteiger partial charge in [0.2, 0.25) is 0 Å². The van der Waals surface area contributed by atoms with Gasteiger partial charge >= 0.3 is 0 Å². The second-order valence-corrected chi connectivity index (χ2v) is 5.07. The van der Waals surface area contributed by atoms with Crippen LogP contribution in [-0.4, -0.2) is 31.4 Å². The van der Waals surface area contributed by atoms with E-state index in [1.54, 1.807) is 12.1 Å². The number of ether oxygens (including phenoxy) is 1. The molecule has 0 amide bonds. The number of rotatable bonds is 2. The standard InChI is InChI=1S/C15H18FNO2/c16-13-10-12(15(18)11-2-1-3-11)4-5-14(13)17-6-8-19-9-7-17/h4-5,10,18H,1-3,6-9H2. The van der Waals surface area contributed by atoms with Gasteiger partial charge in [0.15, 0.2) is 0 Å². The molecule has 0 unspecified atom stereocenters. The summed E-state index contributed by atoms with van der Waals surface area (Å²) in [4.78, 5) is 1.98. The third-order valence-corrected chi connectivity index (χ3v) is 3.86. The number of anilines is 1. The molecule has 2 aliphatic rings. The van der Waals surface area contributed by atoms with Crippen molar-refractivity contribution < 1.29 is 14.2 Å². The first-order valence-electron chi connectivity index (χ1n) is 6.79. The summed E-state index contributed by atoms with van der Waals surface area (Å²) >= 11 is 0. The van der Waals surface area contributed by atoms with Crippen molar-refractivity contribution in [2.75, 3.05) is 31.2 Å². The van der Waals surface area contributed by atoms with Gasteiger partial charge in [-0.3, -0.25) is 0 Å². The summed E-state index contributed by atoms with van der Waals surface area (Å²) in [5.74, 6) is -0.00968. The predicted octanol–water partition coefficient (Wildman–Crippen LogP) is 3.12. The molecule has 1 aromatic carbocycles. The van der Waals surface area contributed by atoms with Gasteiger partial charge in [-0.15, -0.1) is 0 Å². The maximum atomic E-state index is 14.2. The Bertz CT molecular complexity index is 501. The van der Waals surface area contributed by atoms with Crippen molar-refractivity contribution in [2.24, 2.45) is 0 Å². The Morgan fingerprint density at radius 1 is 1.21 bits per heavy atom. The molecule has 1 aliphatic heterocycles. The molecule has 102 valence electrons. The van der Waals surface area contributed by atoms with E-state index in [0.717, 1.165) is 24.8 Å². The van der Waals surface area contributed by atoms with Gasteiger partial charge < -0.3 is 14.7 Å². The van der Waals surface area contributed by atoms with Crippen molar-refractivity contribution >= 4 is 11.4 Å². The van der Waals surface area contributed by atoms with Gasteiger partial charge in [0.05, 0.1) is 18.9 Å². The number of morpholine rings is 1. The van der Waals surface area contributed by atoms with Gasteiger partial charge in [0.1, 0.15) is 11.6 Å². The van der Waals surface area contributed by atoms with Crippen LogP contribution in [0.2, 0.25) is 0 Å². The lowest BCUT2D eigenvalue weighted by Gasteiger charge is -2.29. The SMILES string of the molecule is OC(=C1CCC1)c1ccc(N2CCOCC2)c(F)c1. The number of nitrogens with zero attached hydrogens (tertiary/aromatic N) is 1. The highest BCUT2D eigenvalue weighted by atomic mass is 19.1. The van der Waals surface area contributed by atoms with Gasteiger partial charge in [0, 0.05) is 18.7 Å². The van der Waals surface area contributed by atoms with E-state index in [9.17, 15) is 9.50 Å². The minimum Gasteiger partial charge on any atom is -0.507 e. The van der Waals surface area contributed by atoms with Crippen molar-refractivity contribution in [3.05, 3.63) is 35.2 Å². The van der Waals surface area contributed by atoms with Crippen molar-refractivity contribution in [2.45, 2.75) is 19.3 Å². The van der Waals surface area contributed by atoms with Crippen LogP contribution < -0.4 is 4.90 Å². The Kier molecular flexibility index (Phi) is 3.42. The van der Waals surface area contributed by atoms with Gasteiger partial charge in [-0.25, -0.2) is 4.39 Å². The van der Waals surface area contributed by atoms with Crippen LogP contribution in [0.5, 0.6) is 0 Å². The minimum absolute atomic E-state index is 0.263. The average Bonchev–Trinajstić information content (AvgIpc) is 2.37. The lowest BCUT2D eigenvalue weighted by molar-refractivity contribution is 0.122. The van der Waals surface area contributed by atoms with Crippen LogP contribution in [0.1, 0.15) is 24.8 Å². The van der Waals surface area contributed by atoms with Crippen molar-refractivity contribution in [3.8, 4) is 0 Å². The molecule has 0 atom stereocenters. The van der Waals surface area contributed by atoms with Crippen molar-refractivity contribution in [1.29, 1.82) is 0 Å². The number of aliphatic hydroxyl groups is 1. The van der Waals surface area contributed by atoms with E-state index < -0.39 is 0 Å². The zero-order chi connectivity index (χ0) is 13.2. The summed E-state index contributed by atoms with van der Waals surface area (Å²) in [6.07, 6.45) is 2.98. The van der Waals surface area contributed by atoms with E-state index in [1.165, 1.54) is 6.07 Å². The number of allylic oxidation sites excluding steroid dienone is 1. The molecule has 1 aromatic rings. The van der Waals surface area contributed by atoms with E-state index in [1.807, 2.05) is 4.90 Å². The van der Waals surface area contributed by atoms with E-state index in [4.69, 9.17) is 4.74 Å². The smallest absolute Gasteiger partial charge is 0.147 e. The zero-order valence-electron chi connectivity index (χ0n) is 10.9. The van der Waals surface area contributed by atoms with Crippen LogP contribution in [0.15, 0.2) is 23.8 Å². The largest absolute Gasteiger partial charge is 0.507 e. The van der Waals surface area contributed by atoms with E-state index in [0.29, 0.717) is 37.6 Å². The summed E-state index contributed by atoms with van der Waals surface area (Å²) in [6, 6.07) is 4.99. The molecule has 1 N–H and O–H groups in total. The lowest BCUT2D eigenvalue weighted by Crippen LogP contribution is -2.36. The Hall–Kier alpha value is -1.55. The molecule has 0 bridgehead atoms. The fourth-order valence-electron chi connectivity index (χ4n) is 2.51. The fourth-order valence-corrected chi connectivity index (χ4v) is 2.51. The first-order valence-corrected chi connectivity index (χ1v) is 6.79. The van der Waals surface area contributed by atoms with E-state index >= 15 is 0 Å². The molecule has 4 heteroatoms. The Balaban J connectivity index is 1.85. The Morgan fingerprint density at radius 3 is 2.53 bits per heavy atom. The second-order valence-electron chi connectivity index (χ2n) is 5.07. The zero-order valence-corrected chi connectivity index (χ0v) is 10.9. The molecule has 1 saturated carbocycles. The molecular weight excluding hydrogens is 245 g/mol. The highest BCUT2D eigenvalue weighted by Crippen LogP contribution is 2.33. The van der Waals surface area contributed by atoms with Gasteiger partial charge in [-0.1, -0.05) is 0 Å². The number of hydrogen-bond acceptors (Lipinski definition) is 3. The first kappa shape index (κ1) is 12.5. The predicted molar refractivity (Wildman–Crippen MR) is 72.8 cm³/mol. The molecule has 0 aromatic heterocycles. The topological polar surface area (TPSA) is 32.7 Å². The molecule has 3 nitrogen and oxygen atoms in total. The molecule has 1 saturated heterocycles. The molecule has 19 heavy (non-hydrogen) atoms. The van der Waals surface area contributed by atoms with Crippen LogP contribution in [0.3, 0.4) is 0 Å². The van der Waals surface area contributed by atoms with Crippen molar-refractivity contribution in [3.63, 3.8) is 0 Å². The molecular formula is C15H18FNO2. The van der Waals surface area contributed by atoms with Crippen LogP contribution in [-0.2, 0) is 4.74 Å². The quantitative estimate of drug-likeness (QED) is 0.832. The lowest BCUT2D eigenvalue weighted by atomic mass is 9.89. The highest BCUT2D eigenvalue weighted by molar-refractivity contribution is 5.65. The van der Waals surface area contributed by atoms with Crippen LogP contribution in [0.25, 0.3) is 5.76 Å². The summed E-state index contributed by atoms with van der Waals surface area (Å²) in [5, 5.41) is 10.0. The molecule has 0 radical (unpaired) electrons. The maximum absolute atomic E-state index is 14.2. The Labute approximate surface area is 112 Å². The molecule has 1 aliphatic carbocycles. The van der Waals surface area contributed by atoms with Crippen LogP contribution in [0, 0.1) is 5.82 Å². The minimum atomic E-state index is -0.272. The normalized spacial score (nSPS) is 19.2. The molecule has 2 fully saturated rings. The van der Waals surface area contributed by atoms with Crippen LogP contribution in [0.4, 0.5) is 10.1 Å². The average molecular weight is 263 g/mol. The summed E-state index contributed by atoms with van der Waals surface area (Å²) in [5.41, 5.74) is 2.22. The highest BCUT2D eigenvalue weighted by Gasteiger charge is 2.19. The summed E-state index contributed by atoms with van der Waals surface area (Å²) < 4.78 is 19.4. The fraction of sp³-hybridized carbons (Fsp3) is 0.467. The third-order valence-electron chi connectivity index (χ3n) is 3.86. The first-order chi connectivity index (χ1) is 9.25. The van der Waals surface area contributed by atoms with E-state index in [2.05, 4.69) is 0 Å². The van der Waals surface area contributed by atoms with Crippen molar-refractivity contribution in [1.82, 2.24) is 0 Å². The molecule has 0 spiro atoms. The second kappa shape index (κ2) is 5.21. The maximum Gasteiger partial charge on any atom is 0.147 e. The number of benzene rings is 1. The Morgan fingerprint density at radius 2 is 1.95 bits per heavy atom. The van der Waals surface area contributed by atoms with Gasteiger partial charge in [-0.2, -0.15) is 0 Å². The van der Waals surface area contributed by atoms with Gasteiger partial charge in [0.25, 0.3) is 0 Å². The number of halogens is 1. The molecule has 1 heterocycles.